The van der Waals surface area contributed by atoms with Gasteiger partial charge in [-0.05, 0) is 74.4 Å². The molecular weight excluding hydrogens is 495 g/mol. The van der Waals surface area contributed by atoms with Crippen molar-refractivity contribution in [2.45, 2.75) is 82.0 Å². The number of hydrogen-bond acceptors (Lipinski definition) is 5. The molecule has 2 heterocycles. The SMILES string of the molecule is C[C@@H]1CC(c2ccc3c(c2)CN(C(=O)c2cc(S(C)(=O)=O)ccc2O[C@@H](C)C(F)(F)F)C3)C[C@H](C)O1. The third kappa shape index (κ3) is 5.70. The third-order valence-electron chi connectivity index (χ3n) is 6.78. The van der Waals surface area contributed by atoms with Gasteiger partial charge in [-0.2, -0.15) is 13.2 Å². The van der Waals surface area contributed by atoms with E-state index < -0.39 is 28.0 Å². The summed E-state index contributed by atoms with van der Waals surface area (Å²) in [5.41, 5.74) is 2.88. The molecular formula is C26H30F3NO5S. The maximum Gasteiger partial charge on any atom is 0.425 e. The van der Waals surface area contributed by atoms with Gasteiger partial charge in [0, 0.05) is 19.3 Å². The lowest BCUT2D eigenvalue weighted by Crippen LogP contribution is -2.32. The maximum atomic E-state index is 13.5. The highest BCUT2D eigenvalue weighted by molar-refractivity contribution is 7.90. The van der Waals surface area contributed by atoms with Gasteiger partial charge in [0.05, 0.1) is 22.7 Å². The highest BCUT2D eigenvalue weighted by Gasteiger charge is 2.39. The molecule has 2 aromatic rings. The predicted octanol–water partition coefficient (Wildman–Crippen LogP) is 5.25. The molecule has 10 heteroatoms. The van der Waals surface area contributed by atoms with Crippen molar-refractivity contribution in [1.29, 1.82) is 0 Å². The van der Waals surface area contributed by atoms with Crippen LogP contribution in [0.15, 0.2) is 41.3 Å². The van der Waals surface area contributed by atoms with Crippen molar-refractivity contribution < 1.29 is 35.9 Å². The Morgan fingerprint density at radius 2 is 1.69 bits per heavy atom. The molecule has 6 nitrogen and oxygen atoms in total. The number of carbonyl (C=O) groups is 1. The average Bonchev–Trinajstić information content (AvgIpc) is 3.20. The molecule has 0 saturated carbocycles. The minimum atomic E-state index is -4.64. The van der Waals surface area contributed by atoms with Crippen LogP contribution in [0.4, 0.5) is 13.2 Å². The van der Waals surface area contributed by atoms with Crippen LogP contribution in [0.1, 0.15) is 66.6 Å². The summed E-state index contributed by atoms with van der Waals surface area (Å²) in [6.45, 7) is 5.49. The number of halogens is 3. The van der Waals surface area contributed by atoms with Crippen molar-refractivity contribution in [1.82, 2.24) is 4.90 Å². The predicted molar refractivity (Wildman–Crippen MR) is 128 cm³/mol. The summed E-state index contributed by atoms with van der Waals surface area (Å²) < 4.78 is 74.5. The molecule has 36 heavy (non-hydrogen) atoms. The zero-order valence-electron chi connectivity index (χ0n) is 20.6. The molecule has 4 atom stereocenters. The van der Waals surface area contributed by atoms with E-state index in [1.165, 1.54) is 10.5 Å². The molecule has 0 bridgehead atoms. The fourth-order valence-electron chi connectivity index (χ4n) is 4.93. The Kier molecular flexibility index (Phi) is 7.13. The van der Waals surface area contributed by atoms with Gasteiger partial charge in [-0.3, -0.25) is 4.79 Å². The number of fused-ring (bicyclic) bond motifs is 1. The molecule has 1 unspecified atom stereocenters. The van der Waals surface area contributed by atoms with Gasteiger partial charge in [-0.1, -0.05) is 18.2 Å². The normalized spacial score (nSPS) is 23.3. The van der Waals surface area contributed by atoms with E-state index in [1.807, 2.05) is 6.07 Å². The van der Waals surface area contributed by atoms with Gasteiger partial charge < -0.3 is 14.4 Å². The molecule has 0 aliphatic carbocycles. The Morgan fingerprint density at radius 3 is 2.31 bits per heavy atom. The highest BCUT2D eigenvalue weighted by atomic mass is 32.2. The van der Waals surface area contributed by atoms with Crippen LogP contribution in [0.3, 0.4) is 0 Å². The number of carbonyl (C=O) groups excluding carboxylic acids is 1. The van der Waals surface area contributed by atoms with E-state index in [0.29, 0.717) is 5.92 Å². The second kappa shape index (κ2) is 9.70. The molecule has 0 spiro atoms. The fraction of sp³-hybridized carbons (Fsp3) is 0.500. The summed E-state index contributed by atoms with van der Waals surface area (Å²) >= 11 is 0. The molecule has 0 N–H and O–H groups in total. The van der Waals surface area contributed by atoms with Crippen molar-refractivity contribution in [2.24, 2.45) is 0 Å². The second-order valence-corrected chi connectivity index (χ2v) is 11.9. The Labute approximate surface area is 209 Å². The molecule has 196 valence electrons. The van der Waals surface area contributed by atoms with Crippen molar-refractivity contribution >= 4 is 15.7 Å². The lowest BCUT2D eigenvalue weighted by atomic mass is 9.85. The lowest BCUT2D eigenvalue weighted by Gasteiger charge is -2.32. The van der Waals surface area contributed by atoms with Crippen LogP contribution in [0.5, 0.6) is 5.75 Å². The quantitative estimate of drug-likeness (QED) is 0.534. The first-order chi connectivity index (χ1) is 16.7. The van der Waals surface area contributed by atoms with Crippen LogP contribution in [0.2, 0.25) is 0 Å². The lowest BCUT2D eigenvalue weighted by molar-refractivity contribution is -0.189. The minimum Gasteiger partial charge on any atom is -0.480 e. The first-order valence-electron chi connectivity index (χ1n) is 11.9. The highest BCUT2D eigenvalue weighted by Crippen LogP contribution is 2.37. The van der Waals surface area contributed by atoms with Gasteiger partial charge in [0.1, 0.15) is 5.75 Å². The van der Waals surface area contributed by atoms with Crippen molar-refractivity contribution in [3.63, 3.8) is 0 Å². The topological polar surface area (TPSA) is 72.9 Å². The number of ether oxygens (including phenoxy) is 2. The number of sulfone groups is 1. The average molecular weight is 526 g/mol. The van der Waals surface area contributed by atoms with Crippen molar-refractivity contribution in [2.75, 3.05) is 6.26 Å². The van der Waals surface area contributed by atoms with E-state index in [2.05, 4.69) is 26.0 Å². The van der Waals surface area contributed by atoms with Gasteiger partial charge in [0.2, 0.25) is 0 Å². The molecule has 0 aromatic heterocycles. The number of alkyl halides is 3. The number of rotatable bonds is 5. The van der Waals surface area contributed by atoms with Crippen LogP contribution in [-0.4, -0.2) is 50.0 Å². The van der Waals surface area contributed by atoms with Gasteiger partial charge in [-0.15, -0.1) is 0 Å². The van der Waals surface area contributed by atoms with Gasteiger partial charge in [0.25, 0.3) is 5.91 Å². The van der Waals surface area contributed by atoms with Crippen LogP contribution in [-0.2, 0) is 27.7 Å². The molecule has 4 rings (SSSR count). The zero-order chi connectivity index (χ0) is 26.4. The Hall–Kier alpha value is -2.59. The van der Waals surface area contributed by atoms with Gasteiger partial charge in [-0.25, -0.2) is 8.42 Å². The summed E-state index contributed by atoms with van der Waals surface area (Å²) in [6, 6.07) is 9.49. The second-order valence-electron chi connectivity index (χ2n) is 9.85. The summed E-state index contributed by atoms with van der Waals surface area (Å²) in [4.78, 5) is 14.8. The smallest absolute Gasteiger partial charge is 0.425 e. The number of amides is 1. The van der Waals surface area contributed by atoms with E-state index in [0.717, 1.165) is 55.3 Å². The van der Waals surface area contributed by atoms with Gasteiger partial charge >= 0.3 is 6.18 Å². The fourth-order valence-corrected chi connectivity index (χ4v) is 5.57. The zero-order valence-corrected chi connectivity index (χ0v) is 21.4. The number of benzene rings is 2. The Bertz CT molecular complexity index is 1250. The molecule has 1 saturated heterocycles. The summed E-state index contributed by atoms with van der Waals surface area (Å²) in [7, 11) is -3.70. The van der Waals surface area contributed by atoms with Crippen molar-refractivity contribution in [3.05, 3.63) is 58.7 Å². The minimum absolute atomic E-state index is 0.157. The summed E-state index contributed by atoms with van der Waals surface area (Å²) in [6.07, 6.45) is -3.72. The van der Waals surface area contributed by atoms with E-state index in [-0.39, 0.29) is 41.5 Å². The molecule has 2 aliphatic heterocycles. The molecule has 1 fully saturated rings. The van der Waals surface area contributed by atoms with Crippen LogP contribution < -0.4 is 4.74 Å². The monoisotopic (exact) mass is 525 g/mol. The third-order valence-corrected chi connectivity index (χ3v) is 7.89. The van der Waals surface area contributed by atoms with Crippen LogP contribution in [0.25, 0.3) is 0 Å². The molecule has 2 aliphatic rings. The number of nitrogens with zero attached hydrogens (tertiary/aromatic N) is 1. The first kappa shape index (κ1) is 26.5. The van der Waals surface area contributed by atoms with E-state index in [4.69, 9.17) is 9.47 Å². The largest absolute Gasteiger partial charge is 0.480 e. The van der Waals surface area contributed by atoms with Crippen LogP contribution >= 0.6 is 0 Å². The standard InChI is InChI=1S/C26H30F3NO5S/c1-15-9-20(10-16(2)34-15)18-5-6-19-13-30(14-21(19)11-18)25(31)23-12-22(36(4,32)33)7-8-24(23)35-17(3)26(27,28)29/h5-8,11-12,15-17,20H,9-10,13-14H2,1-4H3/t15-,16+,17-,20?/m0/s1. The van der Waals surface area contributed by atoms with Gasteiger partial charge in [0.15, 0.2) is 15.9 Å². The van der Waals surface area contributed by atoms with E-state index in [9.17, 15) is 26.4 Å². The summed E-state index contributed by atoms with van der Waals surface area (Å²) in [5, 5.41) is 0. The first-order valence-corrected chi connectivity index (χ1v) is 13.8. The van der Waals surface area contributed by atoms with Crippen molar-refractivity contribution in [3.8, 4) is 5.75 Å². The van der Waals surface area contributed by atoms with E-state index >= 15 is 0 Å². The molecule has 1 amide bonds. The Balaban J connectivity index is 1.60. The molecule has 2 aromatic carbocycles. The summed E-state index contributed by atoms with van der Waals surface area (Å²) in [5.74, 6) is -0.552. The molecule has 0 radical (unpaired) electrons. The number of hydrogen-bond donors (Lipinski definition) is 0. The van der Waals surface area contributed by atoms with Crippen LogP contribution in [0, 0.1) is 0 Å². The van der Waals surface area contributed by atoms with E-state index in [1.54, 1.807) is 0 Å². The Morgan fingerprint density at radius 1 is 1.06 bits per heavy atom. The maximum absolute atomic E-state index is 13.5.